The van der Waals surface area contributed by atoms with Gasteiger partial charge in [-0.3, -0.25) is 19.0 Å². The molecule has 0 spiro atoms. The Labute approximate surface area is 142 Å². The van der Waals surface area contributed by atoms with Crippen LogP contribution in [0.3, 0.4) is 0 Å². The van der Waals surface area contributed by atoms with E-state index in [0.717, 1.165) is 4.68 Å². The first kappa shape index (κ1) is 16.9. The molecule has 3 rings (SSSR count). The number of hydrogen-bond acceptors (Lipinski definition) is 5. The summed E-state index contributed by atoms with van der Waals surface area (Å²) in [6, 6.07) is 5.66. The van der Waals surface area contributed by atoms with Crippen LogP contribution in [0.15, 0.2) is 33.9 Å². The number of nitrogens with zero attached hydrogens (tertiary/aromatic N) is 4. The molecule has 1 amide bonds. The zero-order valence-electron chi connectivity index (χ0n) is 13.9. The Morgan fingerprint density at radius 2 is 1.88 bits per heavy atom. The van der Waals surface area contributed by atoms with Gasteiger partial charge in [-0.05, 0) is 38.1 Å². The number of nitrogens with one attached hydrogen (secondary N) is 1. The fourth-order valence-corrected chi connectivity index (χ4v) is 2.70. The highest BCUT2D eigenvalue weighted by Gasteiger charge is 2.26. The van der Waals surface area contributed by atoms with Crippen molar-refractivity contribution in [2.24, 2.45) is 0 Å². The maximum atomic E-state index is 13.1. The summed E-state index contributed by atoms with van der Waals surface area (Å²) < 4.78 is 15.3. The van der Waals surface area contributed by atoms with Crippen molar-refractivity contribution in [3.05, 3.63) is 50.8 Å². The second-order valence-electron chi connectivity index (χ2n) is 6.07. The summed E-state index contributed by atoms with van der Waals surface area (Å²) in [5.74, 6) is -0.516. The van der Waals surface area contributed by atoms with E-state index >= 15 is 0 Å². The van der Waals surface area contributed by atoms with Gasteiger partial charge in [-0.2, -0.15) is 0 Å². The molecule has 2 heterocycles. The molecule has 0 saturated carbocycles. The van der Waals surface area contributed by atoms with Crippen LogP contribution in [0, 0.1) is 5.82 Å². The zero-order valence-corrected chi connectivity index (χ0v) is 13.9. The van der Waals surface area contributed by atoms with Crippen LogP contribution in [-0.4, -0.2) is 32.8 Å². The summed E-state index contributed by atoms with van der Waals surface area (Å²) in [6.45, 7) is 3.98. The Kier molecular flexibility index (Phi) is 4.39. The Balaban J connectivity index is 1.99. The third-order valence-electron chi connectivity index (χ3n) is 3.78. The molecule has 132 valence electrons. The number of carbonyl (C=O) groups excluding carboxylic acids is 1. The minimum absolute atomic E-state index is 0.0885. The molecule has 0 saturated heterocycles. The molecule has 8 nitrogen and oxygen atoms in total. The van der Waals surface area contributed by atoms with Crippen LogP contribution in [0.2, 0.25) is 0 Å². The molecule has 25 heavy (non-hydrogen) atoms. The smallest absolute Gasteiger partial charge is 0.333 e. The maximum Gasteiger partial charge on any atom is 0.333 e. The first-order chi connectivity index (χ1) is 11.9. The number of halogens is 1. The molecule has 1 aromatic heterocycles. The van der Waals surface area contributed by atoms with Gasteiger partial charge in [0.25, 0.3) is 0 Å². The Morgan fingerprint density at radius 3 is 2.52 bits per heavy atom. The zero-order chi connectivity index (χ0) is 18.1. The number of benzene rings is 1. The van der Waals surface area contributed by atoms with E-state index in [1.165, 1.54) is 16.7 Å². The van der Waals surface area contributed by atoms with E-state index in [2.05, 4.69) is 10.4 Å². The molecule has 0 fully saturated rings. The summed E-state index contributed by atoms with van der Waals surface area (Å²) >= 11 is 0. The predicted molar refractivity (Wildman–Crippen MR) is 89.4 cm³/mol. The van der Waals surface area contributed by atoms with Crippen LogP contribution >= 0.6 is 0 Å². The van der Waals surface area contributed by atoms with Crippen molar-refractivity contribution in [2.45, 2.75) is 33.0 Å². The summed E-state index contributed by atoms with van der Waals surface area (Å²) in [6.07, 6.45) is 0. The fourth-order valence-electron chi connectivity index (χ4n) is 2.70. The lowest BCUT2D eigenvalue weighted by atomic mass is 10.3. The van der Waals surface area contributed by atoms with Gasteiger partial charge >= 0.3 is 11.1 Å². The fraction of sp³-hybridized carbons (Fsp3) is 0.375. The van der Waals surface area contributed by atoms with Crippen LogP contribution < -0.4 is 21.3 Å². The minimum atomic E-state index is -0.844. The summed E-state index contributed by atoms with van der Waals surface area (Å²) in [7, 11) is 0. The van der Waals surface area contributed by atoms with Gasteiger partial charge in [0.1, 0.15) is 12.4 Å². The minimum Gasteiger partial charge on any atom is -0.352 e. The van der Waals surface area contributed by atoms with Crippen LogP contribution in [-0.2, 0) is 17.9 Å². The molecular formula is C16H18FN5O3. The van der Waals surface area contributed by atoms with Crippen molar-refractivity contribution in [2.75, 3.05) is 11.4 Å². The molecule has 0 radical (unpaired) electrons. The van der Waals surface area contributed by atoms with E-state index in [4.69, 9.17) is 0 Å². The molecule has 1 aromatic carbocycles. The lowest BCUT2D eigenvalue weighted by Crippen LogP contribution is -2.45. The van der Waals surface area contributed by atoms with Crippen LogP contribution in [0.4, 0.5) is 16.0 Å². The normalized spacial score (nSPS) is 13.2. The van der Waals surface area contributed by atoms with Gasteiger partial charge < -0.3 is 10.2 Å². The number of anilines is 2. The average molecular weight is 347 g/mol. The molecule has 1 N–H and O–H groups in total. The quantitative estimate of drug-likeness (QED) is 0.800. The summed E-state index contributed by atoms with van der Waals surface area (Å²) in [5.41, 5.74) is -0.924. The SMILES string of the molecule is CC(C)NC(=O)Cn1nc2n(c(=O)c1=O)CCN2c1ccc(F)cc1. The highest BCUT2D eigenvalue weighted by atomic mass is 19.1. The predicted octanol–water partition coefficient (Wildman–Crippen LogP) is 0.220. The van der Waals surface area contributed by atoms with Gasteiger partial charge in [0.05, 0.1) is 0 Å². The standard InChI is InChI=1S/C16H18FN5O3/c1-10(2)18-13(23)9-22-15(25)14(24)21-8-7-20(16(21)19-22)12-5-3-11(17)4-6-12/h3-6,10H,7-9H2,1-2H3,(H,18,23). The highest BCUT2D eigenvalue weighted by molar-refractivity contribution is 5.75. The lowest BCUT2D eigenvalue weighted by Gasteiger charge is -2.18. The van der Waals surface area contributed by atoms with Gasteiger partial charge in [-0.15, -0.1) is 5.10 Å². The van der Waals surface area contributed by atoms with E-state index in [0.29, 0.717) is 18.8 Å². The molecule has 0 atom stereocenters. The van der Waals surface area contributed by atoms with Crippen molar-refractivity contribution in [1.29, 1.82) is 0 Å². The van der Waals surface area contributed by atoms with Gasteiger partial charge in [0.2, 0.25) is 11.9 Å². The molecule has 0 bridgehead atoms. The topological polar surface area (TPSA) is 89.2 Å². The van der Waals surface area contributed by atoms with E-state index in [-0.39, 0.29) is 24.4 Å². The third kappa shape index (κ3) is 3.30. The molecule has 1 aliphatic rings. The monoisotopic (exact) mass is 347 g/mol. The Hall–Kier alpha value is -2.97. The third-order valence-corrected chi connectivity index (χ3v) is 3.78. The highest BCUT2D eigenvalue weighted by Crippen LogP contribution is 2.26. The average Bonchev–Trinajstić information content (AvgIpc) is 2.96. The Bertz CT molecular complexity index is 917. The van der Waals surface area contributed by atoms with Crippen molar-refractivity contribution in [3.63, 3.8) is 0 Å². The largest absolute Gasteiger partial charge is 0.352 e. The first-order valence-corrected chi connectivity index (χ1v) is 7.91. The number of amides is 1. The second kappa shape index (κ2) is 6.50. The van der Waals surface area contributed by atoms with E-state index in [1.54, 1.807) is 30.9 Å². The van der Waals surface area contributed by atoms with Gasteiger partial charge in [0.15, 0.2) is 0 Å². The number of hydrogen-bond donors (Lipinski definition) is 1. The van der Waals surface area contributed by atoms with E-state index < -0.39 is 17.0 Å². The van der Waals surface area contributed by atoms with Crippen molar-refractivity contribution < 1.29 is 9.18 Å². The lowest BCUT2D eigenvalue weighted by molar-refractivity contribution is -0.122. The van der Waals surface area contributed by atoms with Crippen LogP contribution in [0.5, 0.6) is 0 Å². The summed E-state index contributed by atoms with van der Waals surface area (Å²) in [4.78, 5) is 38.1. The molecule has 1 aliphatic heterocycles. The van der Waals surface area contributed by atoms with E-state index in [9.17, 15) is 18.8 Å². The number of carbonyl (C=O) groups is 1. The van der Waals surface area contributed by atoms with Gasteiger partial charge in [0, 0.05) is 24.8 Å². The number of fused-ring (bicyclic) bond motifs is 1. The Morgan fingerprint density at radius 1 is 1.20 bits per heavy atom. The number of aromatic nitrogens is 3. The molecular weight excluding hydrogens is 329 g/mol. The molecule has 2 aromatic rings. The number of rotatable bonds is 4. The van der Waals surface area contributed by atoms with E-state index in [1.807, 2.05) is 0 Å². The van der Waals surface area contributed by atoms with Crippen molar-refractivity contribution in [3.8, 4) is 0 Å². The second-order valence-corrected chi connectivity index (χ2v) is 6.07. The molecule has 0 unspecified atom stereocenters. The molecule has 0 aliphatic carbocycles. The maximum absolute atomic E-state index is 13.1. The van der Waals surface area contributed by atoms with Gasteiger partial charge in [-0.1, -0.05) is 0 Å². The summed E-state index contributed by atoms with van der Waals surface area (Å²) in [5, 5.41) is 6.83. The molecule has 9 heteroatoms. The van der Waals surface area contributed by atoms with Crippen molar-refractivity contribution >= 4 is 17.5 Å². The van der Waals surface area contributed by atoms with Crippen LogP contribution in [0.1, 0.15) is 13.8 Å². The first-order valence-electron chi connectivity index (χ1n) is 7.91. The van der Waals surface area contributed by atoms with Crippen LogP contribution in [0.25, 0.3) is 0 Å². The van der Waals surface area contributed by atoms with Gasteiger partial charge in [-0.25, -0.2) is 9.07 Å². The van der Waals surface area contributed by atoms with Crippen molar-refractivity contribution in [1.82, 2.24) is 19.7 Å².